The molecule has 2 N–H and O–H groups in total. The highest BCUT2D eigenvalue weighted by Gasteiger charge is 2.23. The van der Waals surface area contributed by atoms with Crippen LogP contribution in [0.15, 0.2) is 72.5 Å². The Hall–Kier alpha value is -3.77. The Balaban J connectivity index is 1.37. The lowest BCUT2D eigenvalue weighted by Gasteiger charge is -2.20. The van der Waals surface area contributed by atoms with Gasteiger partial charge < -0.3 is 20.1 Å². The van der Waals surface area contributed by atoms with Gasteiger partial charge in [0.15, 0.2) is 11.5 Å². The lowest BCUT2D eigenvalue weighted by molar-refractivity contribution is -0.115. The van der Waals surface area contributed by atoms with Crippen LogP contribution in [0.25, 0.3) is 6.08 Å². The summed E-state index contributed by atoms with van der Waals surface area (Å²) in [6.45, 7) is 3.05. The molecule has 1 heterocycles. The molecule has 33 heavy (non-hydrogen) atoms. The molecule has 0 saturated heterocycles. The number of amides is 2. The van der Waals surface area contributed by atoms with Gasteiger partial charge in [0.2, 0.25) is 0 Å². The molecular formula is C26H23ClN2O4. The third-order valence-electron chi connectivity index (χ3n) is 5.01. The van der Waals surface area contributed by atoms with Crippen LogP contribution < -0.4 is 20.1 Å². The van der Waals surface area contributed by atoms with Crippen LogP contribution in [0.5, 0.6) is 11.5 Å². The Morgan fingerprint density at radius 3 is 2.70 bits per heavy atom. The predicted molar refractivity (Wildman–Crippen MR) is 129 cm³/mol. The lowest BCUT2D eigenvalue weighted by atomic mass is 10.1. The Bertz CT molecular complexity index is 1210. The summed E-state index contributed by atoms with van der Waals surface area (Å²) in [5.74, 6) is 0.828. The van der Waals surface area contributed by atoms with E-state index >= 15 is 0 Å². The first-order chi connectivity index (χ1) is 16.0. The minimum atomic E-state index is -0.393. The molecule has 0 radical (unpaired) electrons. The van der Waals surface area contributed by atoms with Crippen molar-refractivity contribution in [3.05, 3.63) is 94.2 Å². The maximum atomic E-state index is 12.6. The highest BCUT2D eigenvalue weighted by molar-refractivity contribution is 6.30. The van der Waals surface area contributed by atoms with Crippen molar-refractivity contribution in [2.45, 2.75) is 13.3 Å². The fraction of sp³-hybridized carbons (Fsp3) is 0.154. The predicted octanol–water partition coefficient (Wildman–Crippen LogP) is 5.08. The van der Waals surface area contributed by atoms with Gasteiger partial charge in [-0.25, -0.2) is 0 Å². The molecule has 0 spiro atoms. The first-order valence-electron chi connectivity index (χ1n) is 10.6. The number of nitrogens with one attached hydrogen (secondary N) is 2. The molecule has 0 saturated carbocycles. The lowest BCUT2D eigenvalue weighted by Crippen LogP contribution is -2.27. The van der Waals surface area contributed by atoms with Gasteiger partial charge in [-0.2, -0.15) is 0 Å². The standard InChI is InChI=1S/C26H23ClN2O4/c1-2-32-21-9-6-17(7-10-21)12-13-28-25(30)19-8-11-23-22(16-19)29-26(31)24(33-23)15-18-4-3-5-20(27)14-18/h3-11,14-16H,2,12-13H2,1H3,(H,28,30)(H,29,31). The summed E-state index contributed by atoms with van der Waals surface area (Å²) < 4.78 is 11.2. The number of ether oxygens (including phenoxy) is 2. The molecule has 3 aromatic carbocycles. The molecule has 0 bridgehead atoms. The average Bonchev–Trinajstić information content (AvgIpc) is 2.80. The summed E-state index contributed by atoms with van der Waals surface area (Å²) in [6.07, 6.45) is 2.31. The van der Waals surface area contributed by atoms with E-state index in [2.05, 4.69) is 10.6 Å². The van der Waals surface area contributed by atoms with Gasteiger partial charge in [-0.05, 0) is 73.0 Å². The van der Waals surface area contributed by atoms with Gasteiger partial charge in [0.25, 0.3) is 11.8 Å². The van der Waals surface area contributed by atoms with Crippen molar-refractivity contribution in [1.29, 1.82) is 0 Å². The highest BCUT2D eigenvalue weighted by Crippen LogP contribution is 2.32. The van der Waals surface area contributed by atoms with E-state index in [0.29, 0.717) is 41.6 Å². The van der Waals surface area contributed by atoms with Crippen LogP contribution >= 0.6 is 11.6 Å². The molecule has 0 aliphatic carbocycles. The maximum Gasteiger partial charge on any atom is 0.291 e. The van der Waals surface area contributed by atoms with Crippen molar-refractivity contribution in [2.75, 3.05) is 18.5 Å². The summed E-state index contributed by atoms with van der Waals surface area (Å²) in [7, 11) is 0. The van der Waals surface area contributed by atoms with Crippen LogP contribution in [0, 0.1) is 0 Å². The summed E-state index contributed by atoms with van der Waals surface area (Å²) in [5.41, 5.74) is 2.73. The number of benzene rings is 3. The number of carbonyl (C=O) groups is 2. The summed E-state index contributed by atoms with van der Waals surface area (Å²) in [6, 6.07) is 19.9. The van der Waals surface area contributed by atoms with E-state index in [1.165, 1.54) is 0 Å². The third-order valence-corrected chi connectivity index (χ3v) is 5.25. The van der Waals surface area contributed by atoms with Crippen LogP contribution in [0.1, 0.15) is 28.4 Å². The van der Waals surface area contributed by atoms with E-state index in [9.17, 15) is 9.59 Å². The highest BCUT2D eigenvalue weighted by atomic mass is 35.5. The van der Waals surface area contributed by atoms with E-state index in [1.807, 2.05) is 37.3 Å². The molecule has 7 heteroatoms. The number of anilines is 1. The van der Waals surface area contributed by atoms with Crippen LogP contribution in [-0.2, 0) is 11.2 Å². The number of rotatable bonds is 7. The topological polar surface area (TPSA) is 76.7 Å². The van der Waals surface area contributed by atoms with Crippen LogP contribution in [0.3, 0.4) is 0 Å². The van der Waals surface area contributed by atoms with Crippen molar-refractivity contribution in [2.24, 2.45) is 0 Å². The van der Waals surface area contributed by atoms with Gasteiger partial charge in [-0.1, -0.05) is 35.9 Å². The minimum Gasteiger partial charge on any atom is -0.494 e. The molecule has 0 fully saturated rings. The van der Waals surface area contributed by atoms with Gasteiger partial charge in [-0.15, -0.1) is 0 Å². The zero-order valence-corrected chi connectivity index (χ0v) is 18.8. The number of hydrogen-bond donors (Lipinski definition) is 2. The zero-order chi connectivity index (χ0) is 23.2. The van der Waals surface area contributed by atoms with E-state index < -0.39 is 5.91 Å². The normalized spacial score (nSPS) is 13.6. The average molecular weight is 463 g/mol. The second-order valence-corrected chi connectivity index (χ2v) is 7.85. The molecule has 4 rings (SSSR count). The van der Waals surface area contributed by atoms with Crippen molar-refractivity contribution < 1.29 is 19.1 Å². The number of halogens is 1. The zero-order valence-electron chi connectivity index (χ0n) is 18.1. The molecule has 3 aromatic rings. The molecule has 168 valence electrons. The molecule has 1 aliphatic heterocycles. The second-order valence-electron chi connectivity index (χ2n) is 7.41. The van der Waals surface area contributed by atoms with Crippen LogP contribution in [-0.4, -0.2) is 25.0 Å². The van der Waals surface area contributed by atoms with Crippen molar-refractivity contribution >= 4 is 35.2 Å². The Kier molecular flexibility index (Phi) is 6.95. The molecule has 0 unspecified atom stereocenters. The van der Waals surface area contributed by atoms with Crippen molar-refractivity contribution in [1.82, 2.24) is 5.32 Å². The molecule has 2 amide bonds. The molecule has 1 aliphatic rings. The summed E-state index contributed by atoms with van der Waals surface area (Å²) in [4.78, 5) is 25.0. The van der Waals surface area contributed by atoms with E-state index in [-0.39, 0.29) is 11.7 Å². The Labute approximate surface area is 197 Å². The first-order valence-corrected chi connectivity index (χ1v) is 11.0. The third kappa shape index (κ3) is 5.73. The fourth-order valence-electron chi connectivity index (χ4n) is 3.39. The molecule has 6 nitrogen and oxygen atoms in total. The SMILES string of the molecule is CCOc1ccc(CCNC(=O)c2ccc3c(c2)NC(=O)C(=Cc2cccc(Cl)c2)O3)cc1. The van der Waals surface area contributed by atoms with Crippen molar-refractivity contribution in [3.63, 3.8) is 0 Å². The van der Waals surface area contributed by atoms with Crippen molar-refractivity contribution in [3.8, 4) is 11.5 Å². The monoisotopic (exact) mass is 462 g/mol. The number of fused-ring (bicyclic) bond motifs is 1. The molecule has 0 atom stereocenters. The fourth-order valence-corrected chi connectivity index (χ4v) is 3.59. The quantitative estimate of drug-likeness (QED) is 0.480. The first kappa shape index (κ1) is 22.4. The smallest absolute Gasteiger partial charge is 0.291 e. The number of hydrogen-bond acceptors (Lipinski definition) is 4. The van der Waals surface area contributed by atoms with Gasteiger partial charge in [0, 0.05) is 17.1 Å². The van der Waals surface area contributed by atoms with Gasteiger partial charge in [0.1, 0.15) is 5.75 Å². The van der Waals surface area contributed by atoms with Crippen LogP contribution in [0.4, 0.5) is 5.69 Å². The largest absolute Gasteiger partial charge is 0.494 e. The minimum absolute atomic E-state index is 0.150. The van der Waals surface area contributed by atoms with Gasteiger partial charge >= 0.3 is 0 Å². The van der Waals surface area contributed by atoms with Gasteiger partial charge in [0.05, 0.1) is 12.3 Å². The second kappa shape index (κ2) is 10.2. The summed E-state index contributed by atoms with van der Waals surface area (Å²) in [5, 5.41) is 6.25. The van der Waals surface area contributed by atoms with Crippen LogP contribution in [0.2, 0.25) is 5.02 Å². The van der Waals surface area contributed by atoms with Gasteiger partial charge in [-0.3, -0.25) is 9.59 Å². The Morgan fingerprint density at radius 2 is 1.94 bits per heavy atom. The Morgan fingerprint density at radius 1 is 1.12 bits per heavy atom. The van der Waals surface area contributed by atoms with E-state index in [4.69, 9.17) is 21.1 Å². The van der Waals surface area contributed by atoms with E-state index in [0.717, 1.165) is 16.9 Å². The number of carbonyl (C=O) groups excluding carboxylic acids is 2. The van der Waals surface area contributed by atoms with E-state index in [1.54, 1.807) is 42.5 Å². The molecular weight excluding hydrogens is 440 g/mol. The molecule has 0 aromatic heterocycles. The summed E-state index contributed by atoms with van der Waals surface area (Å²) >= 11 is 6.00. The maximum absolute atomic E-state index is 12.6.